The molecule has 0 aromatic heterocycles. The summed E-state index contributed by atoms with van der Waals surface area (Å²) in [6.45, 7) is 5.04. The van der Waals surface area contributed by atoms with Crippen LogP contribution in [0.1, 0.15) is 19.8 Å². The topological polar surface area (TPSA) is 41.3 Å². The fourth-order valence-electron chi connectivity index (χ4n) is 2.05. The zero-order valence-corrected chi connectivity index (χ0v) is 10.2. The molecule has 0 radical (unpaired) electrons. The van der Waals surface area contributed by atoms with Crippen molar-refractivity contribution in [1.29, 1.82) is 0 Å². The molecule has 0 saturated heterocycles. The Hall–Kier alpha value is -1.29. The predicted molar refractivity (Wildman–Crippen MR) is 69.6 cm³/mol. The Balaban J connectivity index is 1.82. The van der Waals surface area contributed by atoms with Crippen molar-refractivity contribution in [2.75, 3.05) is 30.7 Å². The summed E-state index contributed by atoms with van der Waals surface area (Å²) >= 11 is 0. The standard InChI is InChI=1S/C13H20FN3/c1-2-17(11-4-5-11)8-7-16-13-9-10(14)3-6-12(13)15/h3,6,9,11,16H,2,4-5,7-8,15H2,1H3. The fraction of sp³-hybridized carbons (Fsp3) is 0.538. The molecular weight excluding hydrogens is 217 g/mol. The lowest BCUT2D eigenvalue weighted by Crippen LogP contribution is -2.31. The van der Waals surface area contributed by atoms with Gasteiger partial charge < -0.3 is 11.1 Å². The number of hydrogen-bond acceptors (Lipinski definition) is 3. The average Bonchev–Trinajstić information content (AvgIpc) is 3.13. The summed E-state index contributed by atoms with van der Waals surface area (Å²) < 4.78 is 13.0. The normalized spacial score (nSPS) is 15.2. The first kappa shape index (κ1) is 12.2. The second kappa shape index (κ2) is 5.36. The molecule has 1 aromatic carbocycles. The van der Waals surface area contributed by atoms with Crippen molar-refractivity contribution >= 4 is 11.4 Å². The summed E-state index contributed by atoms with van der Waals surface area (Å²) in [6, 6.07) is 5.19. The van der Waals surface area contributed by atoms with Gasteiger partial charge in [-0.15, -0.1) is 0 Å². The van der Waals surface area contributed by atoms with E-state index in [9.17, 15) is 4.39 Å². The molecule has 2 rings (SSSR count). The van der Waals surface area contributed by atoms with Crippen LogP contribution in [0.3, 0.4) is 0 Å². The lowest BCUT2D eigenvalue weighted by atomic mass is 10.2. The number of rotatable bonds is 6. The minimum absolute atomic E-state index is 0.253. The summed E-state index contributed by atoms with van der Waals surface area (Å²) in [5, 5.41) is 3.19. The molecule has 1 fully saturated rings. The van der Waals surface area contributed by atoms with E-state index in [4.69, 9.17) is 5.73 Å². The van der Waals surface area contributed by atoms with Crippen LogP contribution in [0.25, 0.3) is 0 Å². The van der Waals surface area contributed by atoms with Crippen LogP contribution in [0.2, 0.25) is 0 Å². The molecular formula is C13H20FN3. The van der Waals surface area contributed by atoms with Crippen molar-refractivity contribution in [2.24, 2.45) is 0 Å². The first-order valence-electron chi connectivity index (χ1n) is 6.23. The first-order valence-corrected chi connectivity index (χ1v) is 6.23. The van der Waals surface area contributed by atoms with E-state index >= 15 is 0 Å². The van der Waals surface area contributed by atoms with Gasteiger partial charge in [0.25, 0.3) is 0 Å². The minimum Gasteiger partial charge on any atom is -0.397 e. The van der Waals surface area contributed by atoms with Crippen molar-refractivity contribution < 1.29 is 4.39 Å². The van der Waals surface area contributed by atoms with E-state index in [1.807, 2.05) is 0 Å². The summed E-state index contributed by atoms with van der Waals surface area (Å²) in [5.41, 5.74) is 7.06. The van der Waals surface area contributed by atoms with E-state index in [1.165, 1.54) is 25.0 Å². The van der Waals surface area contributed by atoms with Crippen LogP contribution in [-0.4, -0.2) is 30.6 Å². The highest BCUT2D eigenvalue weighted by atomic mass is 19.1. The van der Waals surface area contributed by atoms with Crippen LogP contribution in [-0.2, 0) is 0 Å². The minimum atomic E-state index is -0.253. The Morgan fingerprint density at radius 3 is 2.88 bits per heavy atom. The van der Waals surface area contributed by atoms with Gasteiger partial charge in [-0.25, -0.2) is 4.39 Å². The zero-order chi connectivity index (χ0) is 12.3. The maximum Gasteiger partial charge on any atom is 0.125 e. The van der Waals surface area contributed by atoms with E-state index in [1.54, 1.807) is 6.07 Å². The highest BCUT2D eigenvalue weighted by Gasteiger charge is 2.27. The van der Waals surface area contributed by atoms with E-state index in [0.717, 1.165) is 25.7 Å². The molecule has 0 atom stereocenters. The number of benzene rings is 1. The van der Waals surface area contributed by atoms with Gasteiger partial charge in [-0.3, -0.25) is 4.90 Å². The molecule has 0 bridgehead atoms. The van der Waals surface area contributed by atoms with Crippen LogP contribution in [0.4, 0.5) is 15.8 Å². The van der Waals surface area contributed by atoms with E-state index in [2.05, 4.69) is 17.1 Å². The summed E-state index contributed by atoms with van der Waals surface area (Å²) in [4.78, 5) is 2.45. The lowest BCUT2D eigenvalue weighted by molar-refractivity contribution is 0.289. The van der Waals surface area contributed by atoms with Crippen LogP contribution in [0.5, 0.6) is 0 Å². The molecule has 3 N–H and O–H groups in total. The molecule has 0 aliphatic heterocycles. The van der Waals surface area contributed by atoms with Gasteiger partial charge in [0.15, 0.2) is 0 Å². The van der Waals surface area contributed by atoms with Crippen molar-refractivity contribution in [2.45, 2.75) is 25.8 Å². The highest BCUT2D eigenvalue weighted by Crippen LogP contribution is 2.26. The second-order valence-electron chi connectivity index (χ2n) is 4.52. The third-order valence-corrected chi connectivity index (χ3v) is 3.20. The maximum atomic E-state index is 13.0. The third kappa shape index (κ3) is 3.33. The second-order valence-corrected chi connectivity index (χ2v) is 4.52. The van der Waals surface area contributed by atoms with Gasteiger partial charge in [-0.2, -0.15) is 0 Å². The van der Waals surface area contributed by atoms with Crippen molar-refractivity contribution in [1.82, 2.24) is 4.90 Å². The van der Waals surface area contributed by atoms with E-state index in [-0.39, 0.29) is 5.82 Å². The van der Waals surface area contributed by atoms with Gasteiger partial charge in [0.2, 0.25) is 0 Å². The number of anilines is 2. The third-order valence-electron chi connectivity index (χ3n) is 3.20. The Kier molecular flexibility index (Phi) is 3.84. The van der Waals surface area contributed by atoms with Gasteiger partial charge in [0.05, 0.1) is 11.4 Å². The molecule has 0 amide bonds. The number of nitrogens with one attached hydrogen (secondary N) is 1. The molecule has 4 heteroatoms. The predicted octanol–water partition coefficient (Wildman–Crippen LogP) is 2.30. The maximum absolute atomic E-state index is 13.0. The van der Waals surface area contributed by atoms with Crippen molar-refractivity contribution in [3.8, 4) is 0 Å². The molecule has 3 nitrogen and oxygen atoms in total. The Bertz CT molecular complexity index is 377. The summed E-state index contributed by atoms with van der Waals surface area (Å²) in [5.74, 6) is -0.253. The summed E-state index contributed by atoms with van der Waals surface area (Å²) in [7, 11) is 0. The van der Waals surface area contributed by atoms with E-state index in [0.29, 0.717) is 11.4 Å². The number of hydrogen-bond donors (Lipinski definition) is 2. The Labute approximate surface area is 102 Å². The zero-order valence-electron chi connectivity index (χ0n) is 10.2. The van der Waals surface area contributed by atoms with Gasteiger partial charge >= 0.3 is 0 Å². The van der Waals surface area contributed by atoms with Gasteiger partial charge in [-0.05, 0) is 37.6 Å². The Morgan fingerprint density at radius 1 is 1.47 bits per heavy atom. The van der Waals surface area contributed by atoms with Crippen molar-refractivity contribution in [3.05, 3.63) is 24.0 Å². The molecule has 1 saturated carbocycles. The Morgan fingerprint density at radius 2 is 2.24 bits per heavy atom. The smallest absolute Gasteiger partial charge is 0.125 e. The number of halogens is 1. The van der Waals surface area contributed by atoms with Crippen LogP contribution >= 0.6 is 0 Å². The first-order chi connectivity index (χ1) is 8.20. The molecule has 1 aromatic rings. The van der Waals surface area contributed by atoms with Crippen molar-refractivity contribution in [3.63, 3.8) is 0 Å². The van der Waals surface area contributed by atoms with Gasteiger partial charge in [0, 0.05) is 19.1 Å². The van der Waals surface area contributed by atoms with Crippen LogP contribution in [0, 0.1) is 5.82 Å². The molecule has 0 unspecified atom stereocenters. The van der Waals surface area contributed by atoms with Gasteiger partial charge in [0.1, 0.15) is 5.82 Å². The SMILES string of the molecule is CCN(CCNc1cc(F)ccc1N)C1CC1. The molecule has 1 aliphatic carbocycles. The monoisotopic (exact) mass is 237 g/mol. The molecule has 1 aliphatic rings. The summed E-state index contributed by atoms with van der Waals surface area (Å²) in [6.07, 6.45) is 2.63. The van der Waals surface area contributed by atoms with Crippen LogP contribution < -0.4 is 11.1 Å². The lowest BCUT2D eigenvalue weighted by Gasteiger charge is -2.20. The quantitative estimate of drug-likeness (QED) is 0.746. The average molecular weight is 237 g/mol. The molecule has 0 spiro atoms. The number of nitrogen functional groups attached to an aromatic ring is 1. The fourth-order valence-corrected chi connectivity index (χ4v) is 2.05. The van der Waals surface area contributed by atoms with Crippen LogP contribution in [0.15, 0.2) is 18.2 Å². The highest BCUT2D eigenvalue weighted by molar-refractivity contribution is 5.65. The van der Waals surface area contributed by atoms with E-state index < -0.39 is 0 Å². The molecule has 17 heavy (non-hydrogen) atoms. The largest absolute Gasteiger partial charge is 0.397 e. The number of nitrogens with zero attached hydrogens (tertiary/aromatic N) is 1. The van der Waals surface area contributed by atoms with Gasteiger partial charge in [-0.1, -0.05) is 6.92 Å². The number of likely N-dealkylation sites (N-methyl/N-ethyl adjacent to an activating group) is 1. The number of nitrogens with two attached hydrogens (primary N) is 1. The molecule has 0 heterocycles. The molecule has 94 valence electrons.